The Morgan fingerprint density at radius 3 is 2.75 bits per heavy atom. The van der Waals surface area contributed by atoms with Gasteiger partial charge in [0.1, 0.15) is 36.1 Å². The summed E-state index contributed by atoms with van der Waals surface area (Å²) in [5.74, 6) is -3.99. The number of oxime groups is 1. The Morgan fingerprint density at radius 1 is 1.41 bits per heavy atom. The maximum Gasteiger partial charge on any atom is 0.353 e. The zero-order valence-electron chi connectivity index (χ0n) is 16.8. The Kier molecular flexibility index (Phi) is 7.18. The minimum absolute atomic E-state index is 0.0812. The molecule has 2 aliphatic heterocycles. The number of thiazole rings is 1. The van der Waals surface area contributed by atoms with Gasteiger partial charge in [-0.05, 0) is 0 Å². The number of Topliss-reactive ketones (excluding diaryl/α,β-unsaturated/α-hetero) is 1. The number of anilines is 1. The lowest BCUT2D eigenvalue weighted by Crippen LogP contribution is -2.66. The molecule has 3 heterocycles. The maximum absolute atomic E-state index is 13.1. The Morgan fingerprint density at radius 2 is 2.16 bits per heavy atom. The molecule has 1 amide bonds. The van der Waals surface area contributed by atoms with Crippen molar-refractivity contribution in [2.24, 2.45) is 27.0 Å². The molecule has 0 radical (unpaired) electrons. The summed E-state index contributed by atoms with van der Waals surface area (Å²) in [5.41, 5.74) is 16.6. The third kappa shape index (κ3) is 4.33. The van der Waals surface area contributed by atoms with E-state index in [9.17, 15) is 19.5 Å². The van der Waals surface area contributed by atoms with Crippen molar-refractivity contribution in [2.75, 3.05) is 19.9 Å². The van der Waals surface area contributed by atoms with Gasteiger partial charge in [-0.2, -0.15) is 5.10 Å². The van der Waals surface area contributed by atoms with Crippen LogP contribution in [0.15, 0.2) is 32.0 Å². The van der Waals surface area contributed by atoms with Gasteiger partial charge in [-0.15, -0.1) is 28.2 Å². The number of nitrogen functional groups attached to an aromatic ring is 1. The first-order valence-electron chi connectivity index (χ1n) is 8.87. The van der Waals surface area contributed by atoms with E-state index in [1.165, 1.54) is 18.8 Å². The van der Waals surface area contributed by atoms with Crippen LogP contribution in [0, 0.1) is 5.92 Å². The van der Waals surface area contributed by atoms with Crippen molar-refractivity contribution in [1.29, 1.82) is 0 Å². The van der Waals surface area contributed by atoms with Gasteiger partial charge in [0, 0.05) is 18.0 Å². The number of fused-ring (bicyclic) bond motifs is 1. The highest BCUT2D eigenvalue weighted by Crippen LogP contribution is 2.46. The first kappa shape index (κ1) is 23.3. The molecule has 7 N–H and O–H groups in total. The van der Waals surface area contributed by atoms with Crippen molar-refractivity contribution in [1.82, 2.24) is 20.7 Å². The van der Waals surface area contributed by atoms with Crippen LogP contribution in [-0.2, 0) is 19.2 Å². The van der Waals surface area contributed by atoms with Gasteiger partial charge in [-0.25, -0.2) is 15.2 Å². The maximum atomic E-state index is 13.1. The van der Waals surface area contributed by atoms with E-state index in [0.29, 0.717) is 0 Å². The summed E-state index contributed by atoms with van der Waals surface area (Å²) in [6.07, 6.45) is 2.39. The fraction of sp³-hybridized carbons (Fsp3) is 0.312. The highest BCUT2D eigenvalue weighted by Gasteiger charge is 2.59. The Bertz CT molecular complexity index is 1050. The molecule has 2 aliphatic rings. The van der Waals surface area contributed by atoms with Crippen molar-refractivity contribution in [3.05, 3.63) is 22.3 Å². The number of aliphatic carboxylic acids is 1. The zero-order chi connectivity index (χ0) is 23.4. The number of carbonyl (C=O) groups is 3. The second kappa shape index (κ2) is 9.86. The zero-order valence-corrected chi connectivity index (χ0v) is 18.4. The quantitative estimate of drug-likeness (QED) is 0.0904. The number of thioether (sulfide) groups is 1. The van der Waals surface area contributed by atoms with E-state index in [0.717, 1.165) is 34.2 Å². The molecule has 0 saturated carbocycles. The lowest BCUT2D eigenvalue weighted by Gasteiger charge is -2.49. The largest absolute Gasteiger partial charge is 0.477 e. The number of hydrogen-bond donors (Lipinski definition) is 5. The number of carbonyl (C=O) groups excluding carboxylic acids is 2. The molecule has 1 aromatic heterocycles. The van der Waals surface area contributed by atoms with Gasteiger partial charge in [-0.1, -0.05) is 5.16 Å². The first-order chi connectivity index (χ1) is 15.3. The highest BCUT2D eigenvalue weighted by atomic mass is 32.2. The van der Waals surface area contributed by atoms with Crippen LogP contribution >= 0.6 is 23.1 Å². The Balaban J connectivity index is 1.91. The molecule has 32 heavy (non-hydrogen) atoms. The van der Waals surface area contributed by atoms with Crippen molar-refractivity contribution in [3.8, 4) is 0 Å². The van der Waals surface area contributed by atoms with E-state index in [1.807, 2.05) is 0 Å². The summed E-state index contributed by atoms with van der Waals surface area (Å²) < 4.78 is 0. The molecule has 2 unspecified atom stereocenters. The summed E-state index contributed by atoms with van der Waals surface area (Å²) in [6, 6.07) is 0. The molecule has 1 saturated heterocycles. The van der Waals surface area contributed by atoms with E-state index in [2.05, 4.69) is 31.2 Å². The third-order valence-corrected chi connectivity index (χ3v) is 6.33. The minimum Gasteiger partial charge on any atom is -0.477 e. The van der Waals surface area contributed by atoms with E-state index in [1.54, 1.807) is 7.05 Å². The molecule has 16 heteroatoms. The fourth-order valence-electron chi connectivity index (χ4n) is 3.02. The number of amides is 1. The number of ketones is 1. The van der Waals surface area contributed by atoms with E-state index >= 15 is 0 Å². The fourth-order valence-corrected chi connectivity index (χ4v) is 4.91. The van der Waals surface area contributed by atoms with Crippen LogP contribution in [0.2, 0.25) is 0 Å². The summed E-state index contributed by atoms with van der Waals surface area (Å²) >= 11 is 2.13. The summed E-state index contributed by atoms with van der Waals surface area (Å²) in [7, 11) is 2.86. The summed E-state index contributed by atoms with van der Waals surface area (Å²) in [5, 5.41) is 20.8. The van der Waals surface area contributed by atoms with Gasteiger partial charge in [-0.3, -0.25) is 14.5 Å². The number of carboxylic acids is 1. The molecular weight excluding hydrogens is 462 g/mol. The Labute approximate surface area is 189 Å². The number of aromatic nitrogens is 1. The number of hydrogen-bond acceptors (Lipinski definition) is 13. The number of nitrogens with one attached hydrogen (secondary N) is 2. The van der Waals surface area contributed by atoms with Crippen molar-refractivity contribution >= 4 is 64.2 Å². The Hall–Kier alpha value is -3.34. The van der Waals surface area contributed by atoms with Gasteiger partial charge in [0.15, 0.2) is 10.8 Å². The van der Waals surface area contributed by atoms with Crippen LogP contribution < -0.4 is 22.3 Å². The van der Waals surface area contributed by atoms with Gasteiger partial charge < -0.3 is 26.8 Å². The lowest BCUT2D eigenvalue weighted by atomic mass is 9.88. The lowest BCUT2D eigenvalue weighted by molar-refractivity contribution is -0.155. The molecule has 1 fully saturated rings. The van der Waals surface area contributed by atoms with E-state index in [4.69, 9.17) is 16.3 Å². The van der Waals surface area contributed by atoms with Crippen LogP contribution in [0.5, 0.6) is 0 Å². The predicted octanol–water partition coefficient (Wildman–Crippen LogP) is -1.46. The first-order valence-corrected chi connectivity index (χ1v) is 10.7. The standard InChI is InChI=1S/C16H19N9O5S2/c1-19-21-5-22-20-3-6-10(15(28)29)25-13(27)8(14(25)32-12(6)17)11(26)9(24-30-2)7-4-31-16(18)23-7/h3-5,8,12,14,19H,17H2,1-2H3,(H2,18,23)(H,21,22)(H,28,29)/t8?,12?,14-/m1/s1. The molecule has 1 aromatic rings. The predicted molar refractivity (Wildman–Crippen MR) is 119 cm³/mol. The number of nitrogens with two attached hydrogens (primary N) is 2. The number of nitrogens with zero attached hydrogens (tertiary/aromatic N) is 5. The average molecular weight is 482 g/mol. The monoisotopic (exact) mass is 481 g/mol. The minimum atomic E-state index is -1.39. The average Bonchev–Trinajstić information content (AvgIpc) is 3.18. The topological polar surface area (TPSA) is 210 Å². The molecule has 3 rings (SSSR count). The number of carboxylic acid groups (broad SMARTS) is 1. The SMILES string of the molecule is CNNC=NN=CC1=C(C(=O)O)N2C(=O)C(C(=O)C(=NOC)c3csc(N)n3)[C@H]2SC1N. The molecule has 0 bridgehead atoms. The van der Waals surface area contributed by atoms with Gasteiger partial charge >= 0.3 is 5.97 Å². The second-order valence-corrected chi connectivity index (χ2v) is 8.34. The molecule has 0 aromatic carbocycles. The summed E-state index contributed by atoms with van der Waals surface area (Å²) in [4.78, 5) is 47.7. The molecular formula is C16H19N9O5S2. The van der Waals surface area contributed by atoms with Crippen LogP contribution in [-0.4, -0.2) is 75.8 Å². The van der Waals surface area contributed by atoms with Crippen molar-refractivity contribution in [2.45, 2.75) is 10.7 Å². The van der Waals surface area contributed by atoms with Gasteiger partial charge in [0.25, 0.3) is 0 Å². The number of hydrazine groups is 1. The number of β-lactam (4-membered cyclic amide) rings is 1. The van der Waals surface area contributed by atoms with Crippen molar-refractivity contribution < 1.29 is 24.3 Å². The normalized spacial score (nSPS) is 23.5. The summed E-state index contributed by atoms with van der Waals surface area (Å²) in [6.45, 7) is 0. The molecule has 0 spiro atoms. The van der Waals surface area contributed by atoms with Crippen LogP contribution in [0.25, 0.3) is 0 Å². The second-order valence-electron chi connectivity index (χ2n) is 6.18. The number of rotatable bonds is 9. The molecule has 170 valence electrons. The van der Waals surface area contributed by atoms with Gasteiger partial charge in [0.05, 0.1) is 11.6 Å². The van der Waals surface area contributed by atoms with Crippen LogP contribution in [0.1, 0.15) is 5.69 Å². The van der Waals surface area contributed by atoms with Gasteiger partial charge in [0.2, 0.25) is 11.7 Å². The highest BCUT2D eigenvalue weighted by molar-refractivity contribution is 8.00. The molecule has 3 atom stereocenters. The molecule has 14 nitrogen and oxygen atoms in total. The smallest absolute Gasteiger partial charge is 0.353 e. The van der Waals surface area contributed by atoms with Crippen molar-refractivity contribution in [3.63, 3.8) is 0 Å². The molecule has 0 aliphatic carbocycles. The van der Waals surface area contributed by atoms with Crippen LogP contribution in [0.4, 0.5) is 5.13 Å². The van der Waals surface area contributed by atoms with E-state index < -0.39 is 34.3 Å². The third-order valence-electron chi connectivity index (χ3n) is 4.35. The van der Waals surface area contributed by atoms with Crippen LogP contribution in [0.3, 0.4) is 0 Å². The van der Waals surface area contributed by atoms with E-state index in [-0.39, 0.29) is 27.8 Å².